The van der Waals surface area contributed by atoms with Crippen LogP contribution < -0.4 is 5.32 Å². The second kappa shape index (κ2) is 10.2. The predicted octanol–water partition coefficient (Wildman–Crippen LogP) is 7.99. The van der Waals surface area contributed by atoms with Gasteiger partial charge < -0.3 is 4.42 Å². The lowest BCUT2D eigenvalue weighted by Crippen LogP contribution is -2.07. The zero-order chi connectivity index (χ0) is 26.9. The molecule has 39 heavy (non-hydrogen) atoms. The third kappa shape index (κ3) is 5.04. The molecule has 0 radical (unpaired) electrons. The number of anilines is 1. The van der Waals surface area contributed by atoms with Gasteiger partial charge in [0, 0.05) is 34.2 Å². The van der Waals surface area contributed by atoms with Gasteiger partial charge in [-0.1, -0.05) is 54.1 Å². The van der Waals surface area contributed by atoms with Crippen LogP contribution in [0.4, 0.5) is 5.13 Å². The number of hydrogen-bond donors (Lipinski definition) is 1. The fourth-order valence-electron chi connectivity index (χ4n) is 4.85. The van der Waals surface area contributed by atoms with Crippen molar-refractivity contribution < 1.29 is 9.21 Å². The SMILES string of the molecule is Cc1cc(C)c(-c2csc(NC(=O)C=Cc3cn(-c4ccccc4)nc3-c3cc4ccccc4o3)n2)c(C)c1. The highest BCUT2D eigenvalue weighted by Crippen LogP contribution is 2.32. The molecular formula is C32H26N4O2S. The van der Waals surface area contributed by atoms with Crippen LogP contribution in [0, 0.1) is 20.8 Å². The van der Waals surface area contributed by atoms with Gasteiger partial charge in [-0.2, -0.15) is 5.10 Å². The molecule has 0 aliphatic carbocycles. The number of nitrogens with zero attached hydrogens (tertiary/aromatic N) is 3. The number of aromatic nitrogens is 3. The van der Waals surface area contributed by atoms with E-state index in [1.54, 1.807) is 10.8 Å². The van der Waals surface area contributed by atoms with Crippen LogP contribution in [0.2, 0.25) is 0 Å². The minimum atomic E-state index is -0.267. The largest absolute Gasteiger partial charge is 0.454 e. The van der Waals surface area contributed by atoms with Crippen molar-refractivity contribution >= 4 is 39.4 Å². The van der Waals surface area contributed by atoms with E-state index in [2.05, 4.69) is 43.2 Å². The molecule has 3 aromatic carbocycles. The summed E-state index contributed by atoms with van der Waals surface area (Å²) in [5, 5.41) is 11.2. The molecule has 0 bridgehead atoms. The number of para-hydroxylation sites is 2. The molecule has 0 atom stereocenters. The number of fused-ring (bicyclic) bond motifs is 1. The van der Waals surface area contributed by atoms with E-state index in [-0.39, 0.29) is 5.91 Å². The summed E-state index contributed by atoms with van der Waals surface area (Å²) in [5.74, 6) is 0.371. The zero-order valence-electron chi connectivity index (χ0n) is 21.8. The maximum absolute atomic E-state index is 12.9. The van der Waals surface area contributed by atoms with Crippen LogP contribution in [0.5, 0.6) is 0 Å². The lowest BCUT2D eigenvalue weighted by Gasteiger charge is -2.08. The second-order valence-corrected chi connectivity index (χ2v) is 10.4. The number of amides is 1. The van der Waals surface area contributed by atoms with Gasteiger partial charge in [-0.25, -0.2) is 9.67 Å². The summed E-state index contributed by atoms with van der Waals surface area (Å²) in [5.41, 5.74) is 8.65. The molecule has 0 saturated heterocycles. The first-order chi connectivity index (χ1) is 18.9. The molecule has 6 aromatic rings. The van der Waals surface area contributed by atoms with E-state index >= 15 is 0 Å². The van der Waals surface area contributed by atoms with Crippen LogP contribution in [0.25, 0.3) is 45.4 Å². The summed E-state index contributed by atoms with van der Waals surface area (Å²) in [4.78, 5) is 17.6. The predicted molar refractivity (Wildman–Crippen MR) is 158 cm³/mol. The molecule has 7 heteroatoms. The molecule has 3 aromatic heterocycles. The Balaban J connectivity index is 1.28. The number of hydrogen-bond acceptors (Lipinski definition) is 5. The standard InChI is InChI=1S/C32H26N4O2S/c1-20-15-21(2)30(22(3)16-20)26-19-39-32(33-26)34-29(37)14-13-24-18-36(25-10-5-4-6-11-25)35-31(24)28-17-23-9-7-8-12-27(23)38-28/h4-19H,1-3H3,(H,33,34,37). The number of rotatable bonds is 6. The Kier molecular flexibility index (Phi) is 6.42. The molecule has 0 spiro atoms. The first-order valence-electron chi connectivity index (χ1n) is 12.6. The van der Waals surface area contributed by atoms with Crippen LogP contribution in [0.15, 0.2) is 94.9 Å². The topological polar surface area (TPSA) is 73.0 Å². The van der Waals surface area contributed by atoms with Crippen LogP contribution in [0.3, 0.4) is 0 Å². The minimum Gasteiger partial charge on any atom is -0.454 e. The van der Waals surface area contributed by atoms with Crippen molar-refractivity contribution in [1.29, 1.82) is 0 Å². The third-order valence-electron chi connectivity index (χ3n) is 6.50. The van der Waals surface area contributed by atoms with Gasteiger partial charge in [-0.05, 0) is 62.2 Å². The van der Waals surface area contributed by atoms with Crippen LogP contribution in [0.1, 0.15) is 22.3 Å². The van der Waals surface area contributed by atoms with Crippen LogP contribution >= 0.6 is 11.3 Å². The van der Waals surface area contributed by atoms with E-state index in [4.69, 9.17) is 9.52 Å². The Morgan fingerprint density at radius 1 is 0.974 bits per heavy atom. The Morgan fingerprint density at radius 2 is 1.72 bits per heavy atom. The van der Waals surface area contributed by atoms with E-state index < -0.39 is 0 Å². The Morgan fingerprint density at radius 3 is 2.49 bits per heavy atom. The maximum Gasteiger partial charge on any atom is 0.250 e. The second-order valence-electron chi connectivity index (χ2n) is 9.50. The van der Waals surface area contributed by atoms with Crippen molar-refractivity contribution in [2.24, 2.45) is 0 Å². The summed E-state index contributed by atoms with van der Waals surface area (Å²) in [6, 6.07) is 24.0. The van der Waals surface area contributed by atoms with Gasteiger partial charge in [0.05, 0.1) is 11.4 Å². The average Bonchev–Trinajstić information content (AvgIpc) is 3.66. The molecule has 6 rings (SSSR count). The number of carbonyl (C=O) groups is 1. The van der Waals surface area contributed by atoms with Gasteiger partial charge in [0.2, 0.25) is 5.91 Å². The van der Waals surface area contributed by atoms with Crippen molar-refractivity contribution in [3.63, 3.8) is 0 Å². The summed E-state index contributed by atoms with van der Waals surface area (Å²) in [7, 11) is 0. The van der Waals surface area contributed by atoms with E-state index in [9.17, 15) is 4.79 Å². The summed E-state index contributed by atoms with van der Waals surface area (Å²) >= 11 is 1.41. The molecule has 0 fully saturated rings. The van der Waals surface area contributed by atoms with Crippen molar-refractivity contribution in [3.8, 4) is 28.4 Å². The average molecular weight is 531 g/mol. The number of thiazole rings is 1. The lowest BCUT2D eigenvalue weighted by atomic mass is 9.98. The van der Waals surface area contributed by atoms with E-state index in [0.717, 1.165) is 33.5 Å². The molecule has 6 nitrogen and oxygen atoms in total. The van der Waals surface area contributed by atoms with Crippen molar-refractivity contribution in [2.75, 3.05) is 5.32 Å². The van der Waals surface area contributed by atoms with Crippen LogP contribution in [-0.2, 0) is 4.79 Å². The number of benzene rings is 3. The number of furan rings is 1. The van der Waals surface area contributed by atoms with Gasteiger partial charge in [0.1, 0.15) is 11.3 Å². The Bertz CT molecular complexity index is 1790. The fraction of sp³-hybridized carbons (Fsp3) is 0.0938. The van der Waals surface area contributed by atoms with Crippen LogP contribution in [-0.4, -0.2) is 20.7 Å². The monoisotopic (exact) mass is 530 g/mol. The molecule has 0 unspecified atom stereocenters. The van der Waals surface area contributed by atoms with Crippen molar-refractivity contribution in [3.05, 3.63) is 113 Å². The zero-order valence-corrected chi connectivity index (χ0v) is 22.6. The minimum absolute atomic E-state index is 0.267. The molecule has 192 valence electrons. The first kappa shape index (κ1) is 24.6. The van der Waals surface area contributed by atoms with Gasteiger partial charge in [0.15, 0.2) is 10.9 Å². The van der Waals surface area contributed by atoms with E-state index in [1.807, 2.05) is 72.2 Å². The van der Waals surface area contributed by atoms with Crippen molar-refractivity contribution in [2.45, 2.75) is 20.8 Å². The van der Waals surface area contributed by atoms with Crippen molar-refractivity contribution in [1.82, 2.24) is 14.8 Å². The molecule has 0 aliphatic heterocycles. The Hall–Kier alpha value is -4.75. The normalized spacial score (nSPS) is 11.5. The quantitative estimate of drug-likeness (QED) is 0.222. The highest BCUT2D eigenvalue weighted by atomic mass is 32.1. The highest BCUT2D eigenvalue weighted by molar-refractivity contribution is 7.14. The summed E-state index contributed by atoms with van der Waals surface area (Å²) in [6.07, 6.45) is 5.15. The van der Waals surface area contributed by atoms with Gasteiger partial charge in [0.25, 0.3) is 0 Å². The first-order valence-corrected chi connectivity index (χ1v) is 13.5. The number of aryl methyl sites for hydroxylation is 3. The third-order valence-corrected chi connectivity index (χ3v) is 7.26. The van der Waals surface area contributed by atoms with Gasteiger partial charge >= 0.3 is 0 Å². The molecule has 0 saturated carbocycles. The number of carbonyl (C=O) groups excluding carboxylic acids is 1. The Labute approximate surface area is 230 Å². The molecular weight excluding hydrogens is 504 g/mol. The fourth-order valence-corrected chi connectivity index (χ4v) is 5.56. The smallest absolute Gasteiger partial charge is 0.250 e. The highest BCUT2D eigenvalue weighted by Gasteiger charge is 2.16. The van der Waals surface area contributed by atoms with E-state index in [1.165, 1.54) is 34.1 Å². The number of nitrogens with one attached hydrogen (secondary N) is 1. The summed E-state index contributed by atoms with van der Waals surface area (Å²) in [6.45, 7) is 6.27. The van der Waals surface area contributed by atoms with E-state index in [0.29, 0.717) is 16.6 Å². The van der Waals surface area contributed by atoms with Gasteiger partial charge in [-0.3, -0.25) is 10.1 Å². The molecule has 1 amide bonds. The summed E-state index contributed by atoms with van der Waals surface area (Å²) < 4.78 is 7.89. The lowest BCUT2D eigenvalue weighted by molar-refractivity contribution is -0.111. The molecule has 1 N–H and O–H groups in total. The van der Waals surface area contributed by atoms with Gasteiger partial charge in [-0.15, -0.1) is 11.3 Å². The molecule has 0 aliphatic rings. The molecule has 3 heterocycles. The maximum atomic E-state index is 12.9.